The third-order valence-electron chi connectivity index (χ3n) is 4.56. The standard InChI is InChI=1S/C18H16N2O4S/c1-9-2-4-10(5-3-9)11-8-25-18(19-11)20-16(21)14-12-6-7-13(24-12)15(14)17(22)23/h2-8,12-15H,1H3,(H,22,23)(H,19,20,21)/p-1/t12-,13+,14+,15+/m1/s1. The Kier molecular flexibility index (Phi) is 3.89. The molecular weight excluding hydrogens is 340 g/mol. The maximum Gasteiger partial charge on any atom is 0.233 e. The van der Waals surface area contributed by atoms with Crippen LogP contribution in [-0.2, 0) is 14.3 Å². The van der Waals surface area contributed by atoms with Gasteiger partial charge in [0.25, 0.3) is 0 Å². The third kappa shape index (κ3) is 2.85. The van der Waals surface area contributed by atoms with Crippen LogP contribution in [0.1, 0.15) is 5.56 Å². The van der Waals surface area contributed by atoms with Crippen LogP contribution < -0.4 is 10.4 Å². The number of carbonyl (C=O) groups excluding carboxylic acids is 2. The molecule has 1 saturated heterocycles. The lowest BCUT2D eigenvalue weighted by molar-refractivity contribution is -0.313. The fourth-order valence-corrected chi connectivity index (χ4v) is 4.00. The lowest BCUT2D eigenvalue weighted by atomic mass is 9.82. The van der Waals surface area contributed by atoms with E-state index in [4.69, 9.17) is 4.74 Å². The molecule has 25 heavy (non-hydrogen) atoms. The smallest absolute Gasteiger partial charge is 0.233 e. The van der Waals surface area contributed by atoms with Gasteiger partial charge in [-0.1, -0.05) is 42.0 Å². The molecule has 1 amide bonds. The highest BCUT2D eigenvalue weighted by Gasteiger charge is 2.50. The highest BCUT2D eigenvalue weighted by molar-refractivity contribution is 7.14. The summed E-state index contributed by atoms with van der Waals surface area (Å²) in [6.45, 7) is 2.01. The van der Waals surface area contributed by atoms with E-state index >= 15 is 0 Å². The second-order valence-electron chi connectivity index (χ2n) is 6.21. The van der Waals surface area contributed by atoms with E-state index in [1.165, 1.54) is 11.3 Å². The average molecular weight is 355 g/mol. The van der Waals surface area contributed by atoms with Crippen LogP contribution in [0.2, 0.25) is 0 Å². The number of thiazole rings is 1. The molecule has 0 radical (unpaired) electrons. The number of hydrogen-bond donors (Lipinski definition) is 1. The number of hydrogen-bond acceptors (Lipinski definition) is 6. The number of fused-ring (bicyclic) bond motifs is 2. The summed E-state index contributed by atoms with van der Waals surface area (Å²) in [5.74, 6) is -3.44. The van der Waals surface area contributed by atoms with Crippen molar-refractivity contribution in [2.45, 2.75) is 19.1 Å². The molecule has 2 aromatic rings. The van der Waals surface area contributed by atoms with Gasteiger partial charge in [-0.2, -0.15) is 0 Å². The number of aliphatic carboxylic acids is 1. The normalized spacial score (nSPS) is 26.8. The molecule has 0 aliphatic carbocycles. The molecular formula is C18H15N2O4S-. The predicted octanol–water partition coefficient (Wildman–Crippen LogP) is 1.38. The minimum Gasteiger partial charge on any atom is -0.550 e. The summed E-state index contributed by atoms with van der Waals surface area (Å²) in [4.78, 5) is 28.3. The summed E-state index contributed by atoms with van der Waals surface area (Å²) in [6.07, 6.45) is 2.29. The van der Waals surface area contributed by atoms with Crippen LogP contribution in [0.5, 0.6) is 0 Å². The van der Waals surface area contributed by atoms with Gasteiger partial charge in [-0.05, 0) is 6.92 Å². The van der Waals surface area contributed by atoms with Crippen molar-refractivity contribution in [3.8, 4) is 11.3 Å². The van der Waals surface area contributed by atoms with Gasteiger partial charge in [0.2, 0.25) is 5.91 Å². The topological polar surface area (TPSA) is 91.4 Å². The van der Waals surface area contributed by atoms with Gasteiger partial charge in [-0.15, -0.1) is 11.3 Å². The first-order chi connectivity index (χ1) is 12.0. The van der Waals surface area contributed by atoms with Gasteiger partial charge >= 0.3 is 0 Å². The summed E-state index contributed by atoms with van der Waals surface area (Å²) in [5, 5.41) is 16.4. The maximum absolute atomic E-state index is 12.6. The molecule has 6 nitrogen and oxygen atoms in total. The highest BCUT2D eigenvalue weighted by Crippen LogP contribution is 2.39. The Hall–Kier alpha value is -2.51. The van der Waals surface area contributed by atoms with Crippen LogP contribution in [0, 0.1) is 18.8 Å². The number of anilines is 1. The maximum atomic E-state index is 12.6. The van der Waals surface area contributed by atoms with Crippen molar-refractivity contribution in [1.29, 1.82) is 0 Å². The number of carboxylic acids is 1. The SMILES string of the molecule is Cc1ccc(-c2csc(NC(=O)[C@@H]3[C@@H](C(=O)[O-])[C@@H]4C=C[C@H]3O4)n2)cc1. The van der Waals surface area contributed by atoms with E-state index in [-0.39, 0.29) is 0 Å². The van der Waals surface area contributed by atoms with E-state index in [9.17, 15) is 14.7 Å². The number of benzene rings is 1. The van der Waals surface area contributed by atoms with Gasteiger partial charge in [0.05, 0.1) is 23.8 Å². The van der Waals surface area contributed by atoms with Crippen LogP contribution in [-0.4, -0.2) is 29.1 Å². The summed E-state index contributed by atoms with van der Waals surface area (Å²) in [5.41, 5.74) is 2.88. The summed E-state index contributed by atoms with van der Waals surface area (Å²) in [7, 11) is 0. The average Bonchev–Trinajstić information content (AvgIpc) is 3.30. The Bertz CT molecular complexity index is 858. The molecule has 3 heterocycles. The highest BCUT2D eigenvalue weighted by atomic mass is 32.1. The molecule has 1 aromatic heterocycles. The molecule has 1 aromatic carbocycles. The number of rotatable bonds is 4. The minimum atomic E-state index is -1.27. The molecule has 0 saturated carbocycles. The van der Waals surface area contributed by atoms with Crippen LogP contribution >= 0.6 is 11.3 Å². The van der Waals surface area contributed by atoms with Crippen molar-refractivity contribution in [3.05, 3.63) is 47.4 Å². The zero-order chi connectivity index (χ0) is 17.6. The monoisotopic (exact) mass is 355 g/mol. The lowest BCUT2D eigenvalue weighted by Gasteiger charge is -2.24. The Balaban J connectivity index is 1.51. The van der Waals surface area contributed by atoms with Gasteiger partial charge in [0.1, 0.15) is 0 Å². The minimum absolute atomic E-state index is 0.407. The molecule has 7 heteroatoms. The van der Waals surface area contributed by atoms with E-state index < -0.39 is 35.9 Å². The molecule has 0 unspecified atom stereocenters. The number of aryl methyl sites for hydroxylation is 1. The molecule has 1 N–H and O–H groups in total. The molecule has 4 atom stereocenters. The largest absolute Gasteiger partial charge is 0.550 e. The molecule has 128 valence electrons. The summed E-state index contributed by atoms with van der Waals surface area (Å²) in [6, 6.07) is 7.93. The van der Waals surface area contributed by atoms with Gasteiger partial charge in [-0.25, -0.2) is 4.98 Å². The molecule has 1 fully saturated rings. The Morgan fingerprint density at radius 1 is 1.16 bits per heavy atom. The van der Waals surface area contributed by atoms with Gasteiger partial charge in [0, 0.05) is 22.8 Å². The summed E-state index contributed by atoms with van der Waals surface area (Å²) >= 11 is 1.30. The molecule has 0 spiro atoms. The predicted molar refractivity (Wildman–Crippen MR) is 90.7 cm³/mol. The van der Waals surface area contributed by atoms with E-state index in [1.807, 2.05) is 36.6 Å². The van der Waals surface area contributed by atoms with E-state index in [1.54, 1.807) is 12.2 Å². The van der Waals surface area contributed by atoms with Crippen molar-refractivity contribution in [3.63, 3.8) is 0 Å². The molecule has 2 aliphatic heterocycles. The first-order valence-corrected chi connectivity index (χ1v) is 8.79. The van der Waals surface area contributed by atoms with Crippen molar-refractivity contribution in [2.24, 2.45) is 11.8 Å². The van der Waals surface area contributed by atoms with E-state index in [0.717, 1.165) is 16.8 Å². The van der Waals surface area contributed by atoms with Crippen molar-refractivity contribution >= 4 is 28.3 Å². The van der Waals surface area contributed by atoms with Crippen LogP contribution in [0.15, 0.2) is 41.8 Å². The Morgan fingerprint density at radius 3 is 2.52 bits per heavy atom. The van der Waals surface area contributed by atoms with Gasteiger partial charge < -0.3 is 20.0 Å². The van der Waals surface area contributed by atoms with Gasteiger partial charge in [-0.3, -0.25) is 4.79 Å². The first kappa shape index (κ1) is 16.0. The summed E-state index contributed by atoms with van der Waals surface area (Å²) < 4.78 is 5.49. The Labute approximate surface area is 148 Å². The van der Waals surface area contributed by atoms with Crippen LogP contribution in [0.25, 0.3) is 11.3 Å². The van der Waals surface area contributed by atoms with E-state index in [0.29, 0.717) is 5.13 Å². The molecule has 2 aliphatic rings. The zero-order valence-electron chi connectivity index (χ0n) is 13.3. The third-order valence-corrected chi connectivity index (χ3v) is 5.31. The second-order valence-corrected chi connectivity index (χ2v) is 7.07. The quantitative estimate of drug-likeness (QED) is 0.837. The number of carboxylic acid groups (broad SMARTS) is 1. The number of carbonyl (C=O) groups is 2. The van der Waals surface area contributed by atoms with E-state index in [2.05, 4.69) is 10.3 Å². The Morgan fingerprint density at radius 2 is 1.84 bits per heavy atom. The zero-order valence-corrected chi connectivity index (χ0v) is 14.2. The second kappa shape index (κ2) is 6.09. The molecule has 2 bridgehead atoms. The van der Waals surface area contributed by atoms with Gasteiger partial charge in [0.15, 0.2) is 5.13 Å². The first-order valence-electron chi connectivity index (χ1n) is 7.91. The lowest BCUT2D eigenvalue weighted by Crippen LogP contribution is -2.45. The van der Waals surface area contributed by atoms with Crippen LogP contribution in [0.4, 0.5) is 5.13 Å². The number of nitrogens with one attached hydrogen (secondary N) is 1. The number of nitrogens with zero attached hydrogens (tertiary/aromatic N) is 1. The van der Waals surface area contributed by atoms with Crippen LogP contribution in [0.3, 0.4) is 0 Å². The number of aromatic nitrogens is 1. The fraction of sp³-hybridized carbons (Fsp3) is 0.278. The number of amides is 1. The fourth-order valence-electron chi connectivity index (χ4n) is 3.28. The number of ether oxygens (including phenoxy) is 1. The van der Waals surface area contributed by atoms with Crippen molar-refractivity contribution < 1.29 is 19.4 Å². The molecule has 4 rings (SSSR count). The van der Waals surface area contributed by atoms with Crippen molar-refractivity contribution in [2.75, 3.05) is 5.32 Å². The van der Waals surface area contributed by atoms with Crippen molar-refractivity contribution in [1.82, 2.24) is 4.98 Å².